The van der Waals surface area contributed by atoms with E-state index in [2.05, 4.69) is 5.32 Å². The summed E-state index contributed by atoms with van der Waals surface area (Å²) in [5, 5.41) is 13.3. The molecule has 6 nitrogen and oxygen atoms in total. The van der Waals surface area contributed by atoms with Gasteiger partial charge in [-0.05, 0) is 30.3 Å². The Balaban J connectivity index is 2.37. The maximum atomic E-state index is 12.9. The van der Waals surface area contributed by atoms with E-state index in [1.807, 2.05) is 0 Å². The van der Waals surface area contributed by atoms with Crippen LogP contribution in [0.3, 0.4) is 0 Å². The van der Waals surface area contributed by atoms with Crippen LogP contribution in [0.25, 0.3) is 0 Å². The first kappa shape index (κ1) is 14.7. The molecule has 0 atom stereocenters. The Hall–Kier alpha value is -2.67. The zero-order valence-electron chi connectivity index (χ0n) is 10.5. The van der Waals surface area contributed by atoms with Crippen LogP contribution >= 0.6 is 11.6 Å². The lowest BCUT2D eigenvalue weighted by atomic mass is 10.1. The number of hydrogen-bond donors (Lipinski definition) is 2. The Morgan fingerprint density at radius 3 is 2.67 bits per heavy atom. The molecule has 0 radical (unpaired) electrons. The molecule has 1 amide bonds. The van der Waals surface area contributed by atoms with Crippen LogP contribution < -0.4 is 11.1 Å². The third-order valence-electron chi connectivity index (χ3n) is 2.67. The van der Waals surface area contributed by atoms with Crippen molar-refractivity contribution >= 4 is 34.6 Å². The predicted octanol–water partition coefficient (Wildman–Crippen LogP) is 3.22. The summed E-state index contributed by atoms with van der Waals surface area (Å²) in [5.41, 5.74) is 4.82. The molecule has 8 heteroatoms. The van der Waals surface area contributed by atoms with Crippen LogP contribution in [0.4, 0.5) is 21.5 Å². The van der Waals surface area contributed by atoms with Crippen molar-refractivity contribution in [2.24, 2.45) is 0 Å². The van der Waals surface area contributed by atoms with Crippen LogP contribution in [-0.2, 0) is 0 Å². The average molecular weight is 310 g/mol. The molecule has 0 aromatic heterocycles. The van der Waals surface area contributed by atoms with Gasteiger partial charge in [0.1, 0.15) is 17.1 Å². The van der Waals surface area contributed by atoms with E-state index >= 15 is 0 Å². The minimum Gasteiger partial charge on any atom is -0.393 e. The van der Waals surface area contributed by atoms with Gasteiger partial charge >= 0.3 is 5.69 Å². The summed E-state index contributed by atoms with van der Waals surface area (Å²) in [7, 11) is 0. The average Bonchev–Trinajstić information content (AvgIpc) is 2.41. The minimum absolute atomic E-state index is 0.0186. The standard InChI is InChI=1S/C13H9ClFN3O3/c14-9-6-7(15)4-5-11(9)17-13(19)8-2-1-3-10(16)12(8)18(20)21/h1-6H,16H2,(H,17,19). The molecule has 108 valence electrons. The quantitative estimate of drug-likeness (QED) is 0.516. The van der Waals surface area contributed by atoms with Crippen molar-refractivity contribution in [1.29, 1.82) is 0 Å². The van der Waals surface area contributed by atoms with E-state index in [4.69, 9.17) is 17.3 Å². The van der Waals surface area contributed by atoms with Crippen molar-refractivity contribution in [2.75, 3.05) is 11.1 Å². The van der Waals surface area contributed by atoms with Crippen LogP contribution in [0.1, 0.15) is 10.4 Å². The van der Waals surface area contributed by atoms with E-state index < -0.39 is 22.3 Å². The van der Waals surface area contributed by atoms with E-state index in [0.29, 0.717) is 0 Å². The number of carbonyl (C=O) groups is 1. The van der Waals surface area contributed by atoms with E-state index in [9.17, 15) is 19.3 Å². The maximum Gasteiger partial charge on any atom is 0.304 e. The van der Waals surface area contributed by atoms with Crippen LogP contribution in [-0.4, -0.2) is 10.8 Å². The van der Waals surface area contributed by atoms with Crippen LogP contribution in [0.2, 0.25) is 5.02 Å². The van der Waals surface area contributed by atoms with Gasteiger partial charge in [0, 0.05) is 0 Å². The Labute approximate surface area is 123 Å². The highest BCUT2D eigenvalue weighted by molar-refractivity contribution is 6.34. The summed E-state index contributed by atoms with van der Waals surface area (Å²) < 4.78 is 12.9. The summed E-state index contributed by atoms with van der Waals surface area (Å²) >= 11 is 5.78. The number of para-hydroxylation sites is 1. The Morgan fingerprint density at radius 2 is 2.05 bits per heavy atom. The molecule has 0 saturated heterocycles. The monoisotopic (exact) mass is 309 g/mol. The zero-order valence-corrected chi connectivity index (χ0v) is 11.2. The minimum atomic E-state index is -0.762. The van der Waals surface area contributed by atoms with Gasteiger partial charge in [-0.1, -0.05) is 17.7 Å². The summed E-state index contributed by atoms with van der Waals surface area (Å²) in [4.78, 5) is 22.3. The fourth-order valence-electron chi connectivity index (χ4n) is 1.73. The summed E-state index contributed by atoms with van der Waals surface area (Å²) in [5.74, 6) is -1.32. The van der Waals surface area contributed by atoms with Gasteiger partial charge in [0.2, 0.25) is 0 Å². The number of nitrogens with one attached hydrogen (secondary N) is 1. The smallest absolute Gasteiger partial charge is 0.304 e. The molecular formula is C13H9ClFN3O3. The number of nitro groups is 1. The molecule has 0 aliphatic carbocycles. The summed E-state index contributed by atoms with van der Waals surface area (Å²) in [6.07, 6.45) is 0. The zero-order chi connectivity index (χ0) is 15.6. The maximum absolute atomic E-state index is 12.9. The normalized spacial score (nSPS) is 10.2. The SMILES string of the molecule is Nc1cccc(C(=O)Nc2ccc(F)cc2Cl)c1[N+](=O)[O-]. The highest BCUT2D eigenvalue weighted by Gasteiger charge is 2.23. The number of carbonyl (C=O) groups excluding carboxylic acids is 1. The Kier molecular flexibility index (Phi) is 4.04. The van der Waals surface area contributed by atoms with Crippen molar-refractivity contribution in [3.05, 3.63) is 62.9 Å². The number of hydrogen-bond acceptors (Lipinski definition) is 4. The molecule has 0 saturated carbocycles. The molecule has 2 aromatic carbocycles. The number of benzene rings is 2. The molecule has 2 rings (SSSR count). The van der Waals surface area contributed by atoms with Crippen molar-refractivity contribution < 1.29 is 14.1 Å². The lowest BCUT2D eigenvalue weighted by Gasteiger charge is -2.08. The molecular weight excluding hydrogens is 301 g/mol. The number of nitrogen functional groups attached to an aromatic ring is 1. The second-order valence-corrected chi connectivity index (χ2v) is 4.49. The van der Waals surface area contributed by atoms with Gasteiger partial charge in [0.15, 0.2) is 0 Å². The fourth-order valence-corrected chi connectivity index (χ4v) is 1.94. The van der Waals surface area contributed by atoms with Crippen molar-refractivity contribution in [3.63, 3.8) is 0 Å². The largest absolute Gasteiger partial charge is 0.393 e. The molecule has 0 spiro atoms. The molecule has 0 unspecified atom stereocenters. The van der Waals surface area contributed by atoms with Gasteiger partial charge < -0.3 is 11.1 Å². The van der Waals surface area contributed by atoms with Gasteiger partial charge in [-0.2, -0.15) is 0 Å². The van der Waals surface area contributed by atoms with Crippen LogP contribution in [0, 0.1) is 15.9 Å². The topological polar surface area (TPSA) is 98.3 Å². The van der Waals surface area contributed by atoms with Crippen LogP contribution in [0.5, 0.6) is 0 Å². The van der Waals surface area contributed by atoms with E-state index in [-0.39, 0.29) is 22.0 Å². The van der Waals surface area contributed by atoms with E-state index in [1.54, 1.807) is 0 Å². The highest BCUT2D eigenvalue weighted by Crippen LogP contribution is 2.28. The summed E-state index contributed by atoms with van der Waals surface area (Å²) in [6, 6.07) is 7.39. The van der Waals surface area contributed by atoms with Gasteiger partial charge in [-0.25, -0.2) is 4.39 Å². The number of amides is 1. The molecule has 0 aliphatic rings. The third kappa shape index (κ3) is 3.09. The van der Waals surface area contributed by atoms with Gasteiger partial charge in [0.05, 0.1) is 15.6 Å². The molecule has 21 heavy (non-hydrogen) atoms. The second kappa shape index (κ2) is 5.76. The van der Waals surface area contributed by atoms with Gasteiger partial charge in [-0.15, -0.1) is 0 Å². The van der Waals surface area contributed by atoms with Crippen molar-refractivity contribution in [3.8, 4) is 0 Å². The van der Waals surface area contributed by atoms with Crippen molar-refractivity contribution in [1.82, 2.24) is 0 Å². The third-order valence-corrected chi connectivity index (χ3v) is 2.99. The first-order valence-corrected chi connectivity index (χ1v) is 6.07. The van der Waals surface area contributed by atoms with Gasteiger partial charge in [0.25, 0.3) is 5.91 Å². The fraction of sp³-hybridized carbons (Fsp3) is 0. The molecule has 0 aliphatic heterocycles. The lowest BCUT2D eigenvalue weighted by Crippen LogP contribution is -2.15. The number of halogens is 2. The number of rotatable bonds is 3. The summed E-state index contributed by atoms with van der Waals surface area (Å²) in [6.45, 7) is 0. The number of nitro benzene ring substituents is 1. The Morgan fingerprint density at radius 1 is 1.33 bits per heavy atom. The van der Waals surface area contributed by atoms with E-state index in [0.717, 1.165) is 12.1 Å². The lowest BCUT2D eigenvalue weighted by molar-refractivity contribution is -0.384. The molecule has 2 aromatic rings. The second-order valence-electron chi connectivity index (χ2n) is 4.08. The molecule has 0 bridgehead atoms. The Bertz CT molecular complexity index is 737. The van der Waals surface area contributed by atoms with Crippen molar-refractivity contribution in [2.45, 2.75) is 0 Å². The highest BCUT2D eigenvalue weighted by atomic mass is 35.5. The molecule has 0 heterocycles. The number of anilines is 2. The van der Waals surface area contributed by atoms with Crippen LogP contribution in [0.15, 0.2) is 36.4 Å². The number of nitrogens with two attached hydrogens (primary N) is 1. The first-order chi connectivity index (χ1) is 9.90. The molecule has 3 N–H and O–H groups in total. The first-order valence-electron chi connectivity index (χ1n) is 5.69. The molecule has 0 fully saturated rings. The van der Waals surface area contributed by atoms with Gasteiger partial charge in [-0.3, -0.25) is 14.9 Å². The number of nitrogens with zero attached hydrogens (tertiary/aromatic N) is 1. The van der Waals surface area contributed by atoms with E-state index in [1.165, 1.54) is 24.3 Å². The predicted molar refractivity (Wildman–Crippen MR) is 76.9 cm³/mol.